The van der Waals surface area contributed by atoms with Gasteiger partial charge >= 0.3 is 24.7 Å². The summed E-state index contributed by atoms with van der Waals surface area (Å²) in [5.74, 6) is 0. The van der Waals surface area contributed by atoms with Gasteiger partial charge in [-0.3, -0.25) is 0 Å². The molecule has 0 atom stereocenters. The summed E-state index contributed by atoms with van der Waals surface area (Å²) in [5, 5.41) is 13.7. The molecule has 0 saturated heterocycles. The van der Waals surface area contributed by atoms with Gasteiger partial charge in [-0.25, -0.2) is 4.98 Å². The van der Waals surface area contributed by atoms with Crippen molar-refractivity contribution in [3.8, 4) is 73.3 Å². The number of nitriles is 1. The van der Waals surface area contributed by atoms with Crippen LogP contribution in [-0.2, 0) is 24.7 Å². The van der Waals surface area contributed by atoms with Gasteiger partial charge in [0.1, 0.15) is 6.07 Å². The van der Waals surface area contributed by atoms with Crippen LogP contribution in [0.1, 0.15) is 27.8 Å². The zero-order valence-electron chi connectivity index (χ0n) is 41.0. The summed E-state index contributed by atoms with van der Waals surface area (Å²) < 4.78 is 176. The molecule has 3 heterocycles. The molecule has 9 aromatic carbocycles. The highest BCUT2D eigenvalue weighted by atomic mass is 19.4. The quantitative estimate of drug-likeness (QED) is 0.149. The average Bonchev–Trinajstić information content (AvgIpc) is 3.97. The lowest BCUT2D eigenvalue weighted by atomic mass is 9.95. The van der Waals surface area contributed by atoms with Crippen molar-refractivity contribution in [2.24, 2.45) is 0 Å². The number of rotatable bonds is 7. The van der Waals surface area contributed by atoms with Crippen molar-refractivity contribution >= 4 is 43.6 Å². The van der Waals surface area contributed by atoms with E-state index in [1.807, 2.05) is 72.8 Å². The van der Waals surface area contributed by atoms with E-state index >= 15 is 0 Å². The standard InChI is InChI=1S/C64H34F12N4/c65-61(66,67)42-21-25-44(51(32-42)63(71,72)73)38-19-23-48-46-15-7-9-17-55(46)79(58(48)29-38)57-34-50(40-27-53(36-11-3-1-4-12-36)78-54(28-40)37-13-5-2-6-14-37)60(31-41(57)35-77)80-56-18-10-8-16-47(56)49-24-20-39(30-59(49)80)45-26-22-43(62(68,69)70)33-52(45)64(74,75)76/h1-34H. The Hall–Kier alpha value is -9.62. The number of nitrogens with zero attached hydrogens (tertiary/aromatic N) is 4. The molecule has 0 unspecified atom stereocenters. The molecule has 12 rings (SSSR count). The van der Waals surface area contributed by atoms with E-state index in [-0.39, 0.29) is 40.0 Å². The maximum absolute atomic E-state index is 14.8. The maximum atomic E-state index is 14.8. The lowest BCUT2D eigenvalue weighted by Crippen LogP contribution is -2.12. The first-order valence-electron chi connectivity index (χ1n) is 24.5. The van der Waals surface area contributed by atoms with Crippen LogP contribution in [0.4, 0.5) is 52.7 Å². The number of pyridine rings is 1. The smallest absolute Gasteiger partial charge is 0.309 e. The predicted molar refractivity (Wildman–Crippen MR) is 285 cm³/mol. The van der Waals surface area contributed by atoms with Gasteiger partial charge in [-0.2, -0.15) is 57.9 Å². The highest BCUT2D eigenvalue weighted by Crippen LogP contribution is 2.47. The molecule has 4 nitrogen and oxygen atoms in total. The van der Waals surface area contributed by atoms with Crippen LogP contribution in [0.25, 0.3) is 111 Å². The first-order valence-corrected chi connectivity index (χ1v) is 24.5. The van der Waals surface area contributed by atoms with Crippen LogP contribution in [0.2, 0.25) is 0 Å². The second kappa shape index (κ2) is 18.8. The molecule has 12 aromatic rings. The van der Waals surface area contributed by atoms with Crippen LogP contribution in [0.3, 0.4) is 0 Å². The number of hydrogen-bond donors (Lipinski definition) is 0. The SMILES string of the molecule is N#Cc1cc(-n2c3ccccc3c3ccc(-c4ccc(C(F)(F)F)cc4C(F)(F)F)cc32)c(-c2cc(-c3ccccc3)nc(-c3ccccc3)c2)cc1-n1c2ccccc2c2ccc(-c3ccc(C(F)(F)F)cc3C(F)(F)F)cc21. The Morgan fingerprint density at radius 1 is 0.325 bits per heavy atom. The normalized spacial score (nSPS) is 12.5. The molecule has 16 heteroatoms. The van der Waals surface area contributed by atoms with Crippen molar-refractivity contribution in [3.63, 3.8) is 0 Å². The van der Waals surface area contributed by atoms with Gasteiger partial charge in [-0.05, 0) is 101 Å². The molecule has 0 aliphatic rings. The second-order valence-corrected chi connectivity index (χ2v) is 19.0. The monoisotopic (exact) mass is 1090 g/mol. The summed E-state index contributed by atoms with van der Waals surface area (Å²) in [7, 11) is 0. The number of aromatic nitrogens is 3. The molecular formula is C64H34F12N4. The van der Waals surface area contributed by atoms with E-state index in [0.717, 1.165) is 23.3 Å². The van der Waals surface area contributed by atoms with Gasteiger partial charge < -0.3 is 9.13 Å². The third-order valence-corrected chi connectivity index (χ3v) is 14.3. The van der Waals surface area contributed by atoms with Crippen LogP contribution in [0, 0.1) is 11.3 Å². The fraction of sp³-hybridized carbons (Fsp3) is 0.0625. The number of para-hydroxylation sites is 2. The van der Waals surface area contributed by atoms with E-state index in [1.54, 1.807) is 81.9 Å². The molecule has 0 spiro atoms. The van der Waals surface area contributed by atoms with Crippen LogP contribution in [-0.4, -0.2) is 14.1 Å². The molecule has 3 aromatic heterocycles. The van der Waals surface area contributed by atoms with Gasteiger partial charge in [0, 0.05) is 38.2 Å². The topological polar surface area (TPSA) is 46.5 Å². The summed E-state index contributed by atoms with van der Waals surface area (Å²) in [4.78, 5) is 5.09. The van der Waals surface area contributed by atoms with Gasteiger partial charge in [-0.15, -0.1) is 0 Å². The van der Waals surface area contributed by atoms with Crippen molar-refractivity contribution < 1.29 is 52.7 Å². The molecule has 394 valence electrons. The Labute approximate surface area is 446 Å². The van der Waals surface area contributed by atoms with Gasteiger partial charge in [0.05, 0.1) is 72.6 Å². The van der Waals surface area contributed by atoms with Gasteiger partial charge in [-0.1, -0.05) is 133 Å². The summed E-state index contributed by atoms with van der Waals surface area (Å²) in [6.45, 7) is 0. The van der Waals surface area contributed by atoms with Gasteiger partial charge in [0.25, 0.3) is 0 Å². The van der Waals surface area contributed by atoms with Crippen LogP contribution < -0.4 is 0 Å². The Morgan fingerprint density at radius 3 is 1.16 bits per heavy atom. The minimum Gasteiger partial charge on any atom is -0.309 e. The number of alkyl halides is 12. The Balaban J connectivity index is 1.19. The molecule has 0 amide bonds. The summed E-state index contributed by atoms with van der Waals surface area (Å²) in [6, 6.07) is 53.7. The third-order valence-electron chi connectivity index (χ3n) is 14.3. The van der Waals surface area contributed by atoms with Crippen molar-refractivity contribution in [2.75, 3.05) is 0 Å². The zero-order chi connectivity index (χ0) is 56.0. The highest BCUT2D eigenvalue weighted by molar-refractivity contribution is 6.12. The molecule has 0 fully saturated rings. The van der Waals surface area contributed by atoms with E-state index in [9.17, 15) is 57.9 Å². The third kappa shape index (κ3) is 8.94. The first kappa shape index (κ1) is 51.2. The lowest BCUT2D eigenvalue weighted by molar-refractivity contribution is -0.144. The predicted octanol–water partition coefficient (Wildman–Crippen LogP) is 19.6. The van der Waals surface area contributed by atoms with E-state index in [2.05, 4.69) is 6.07 Å². The minimum atomic E-state index is -5.21. The molecule has 0 aliphatic carbocycles. The largest absolute Gasteiger partial charge is 0.417 e. The first-order chi connectivity index (χ1) is 38.2. The minimum absolute atomic E-state index is 0.00659. The molecule has 0 saturated carbocycles. The summed E-state index contributed by atoms with van der Waals surface area (Å²) >= 11 is 0. The Bertz CT molecular complexity index is 4420. The number of benzene rings is 9. The molecule has 80 heavy (non-hydrogen) atoms. The highest BCUT2D eigenvalue weighted by Gasteiger charge is 2.40. The van der Waals surface area contributed by atoms with E-state index in [1.165, 1.54) is 24.3 Å². The Morgan fingerprint density at radius 2 is 0.738 bits per heavy atom. The van der Waals surface area contributed by atoms with E-state index in [0.29, 0.717) is 78.4 Å². The fourth-order valence-corrected chi connectivity index (χ4v) is 10.7. The molecule has 0 aliphatic heterocycles. The lowest BCUT2D eigenvalue weighted by Gasteiger charge is -2.20. The van der Waals surface area contributed by atoms with Crippen LogP contribution in [0.5, 0.6) is 0 Å². The van der Waals surface area contributed by atoms with Crippen LogP contribution in [0.15, 0.2) is 206 Å². The molecule has 0 N–H and O–H groups in total. The number of fused-ring (bicyclic) bond motifs is 6. The van der Waals surface area contributed by atoms with Crippen molar-refractivity contribution in [1.29, 1.82) is 5.26 Å². The molecular weight excluding hydrogens is 1050 g/mol. The van der Waals surface area contributed by atoms with Crippen molar-refractivity contribution in [3.05, 3.63) is 234 Å². The fourth-order valence-electron chi connectivity index (χ4n) is 10.7. The zero-order valence-corrected chi connectivity index (χ0v) is 41.0. The van der Waals surface area contributed by atoms with Crippen LogP contribution >= 0.6 is 0 Å². The Kier molecular flexibility index (Phi) is 12.0. The summed E-state index contributed by atoms with van der Waals surface area (Å²) in [5.41, 5.74) is -1.58. The van der Waals surface area contributed by atoms with E-state index < -0.39 is 58.1 Å². The second-order valence-electron chi connectivity index (χ2n) is 19.0. The van der Waals surface area contributed by atoms with E-state index in [4.69, 9.17) is 4.98 Å². The van der Waals surface area contributed by atoms with Crippen molar-refractivity contribution in [2.45, 2.75) is 24.7 Å². The maximum Gasteiger partial charge on any atom is 0.417 e. The van der Waals surface area contributed by atoms with Crippen molar-refractivity contribution in [1.82, 2.24) is 14.1 Å². The average molecular weight is 1090 g/mol. The number of hydrogen-bond acceptors (Lipinski definition) is 2. The van der Waals surface area contributed by atoms with Gasteiger partial charge in [0.2, 0.25) is 0 Å². The molecule has 0 radical (unpaired) electrons. The summed E-state index contributed by atoms with van der Waals surface area (Å²) in [6.07, 6.45) is -20.6. The molecule has 0 bridgehead atoms. The number of halogens is 12. The van der Waals surface area contributed by atoms with Gasteiger partial charge in [0.15, 0.2) is 0 Å².